The Morgan fingerprint density at radius 2 is 1.31 bits per heavy atom. The van der Waals surface area contributed by atoms with Gasteiger partial charge in [-0.15, -0.1) is 0 Å². The van der Waals surface area contributed by atoms with Crippen LogP contribution in [0.15, 0.2) is 0 Å². The Morgan fingerprint density at radius 3 is 1.81 bits per heavy atom. The Bertz CT molecular complexity index is 366. The highest BCUT2D eigenvalue weighted by molar-refractivity contribution is 14.1. The number of hydrogen-bond acceptors (Lipinski definition) is 4. The first kappa shape index (κ1) is 25.5. The molecule has 0 radical (unpaired) electrons. The molecule has 0 aliphatic rings. The van der Waals surface area contributed by atoms with Crippen molar-refractivity contribution >= 4 is 34.7 Å². The van der Waals surface area contributed by atoms with Gasteiger partial charge in [0.2, 0.25) is 0 Å². The van der Waals surface area contributed by atoms with Gasteiger partial charge in [-0.2, -0.15) is 0 Å². The van der Waals surface area contributed by atoms with Crippen molar-refractivity contribution in [3.05, 3.63) is 0 Å². The molecule has 1 amide bonds. The second kappa shape index (κ2) is 17.9. The number of rotatable bonds is 16. The topological polar surface area (TPSA) is 64.6 Å². The molecule has 0 aromatic rings. The molecule has 0 unspecified atom stereocenters. The summed E-state index contributed by atoms with van der Waals surface area (Å²) in [5.74, 6) is -0.276. The van der Waals surface area contributed by atoms with Gasteiger partial charge in [-0.3, -0.25) is 4.79 Å². The highest BCUT2D eigenvalue weighted by Gasteiger charge is 2.28. The minimum Gasteiger partial charge on any atom is -0.465 e. The van der Waals surface area contributed by atoms with Gasteiger partial charge in [-0.05, 0) is 20.3 Å². The minimum atomic E-state index is -0.462. The van der Waals surface area contributed by atoms with Gasteiger partial charge in [0.25, 0.3) is 0 Å². The third-order valence-corrected chi connectivity index (χ3v) is 5.69. The zero-order chi connectivity index (χ0) is 19.6. The van der Waals surface area contributed by atoms with Crippen molar-refractivity contribution in [2.75, 3.05) is 13.2 Å². The predicted molar refractivity (Wildman–Crippen MR) is 115 cm³/mol. The summed E-state index contributed by atoms with van der Waals surface area (Å²) in [6, 6.07) is -0.247. The first-order chi connectivity index (χ1) is 12.6. The lowest BCUT2D eigenvalue weighted by molar-refractivity contribution is -0.142. The molecular weight excluding hydrogens is 445 g/mol. The maximum atomic E-state index is 12.0. The fourth-order valence-corrected chi connectivity index (χ4v) is 3.57. The van der Waals surface area contributed by atoms with E-state index < -0.39 is 10.0 Å². The fraction of sp³-hybridized carbons (Fsp3) is 0.900. The Kier molecular flexibility index (Phi) is 17.5. The first-order valence-corrected chi connectivity index (χ1v) is 11.5. The summed E-state index contributed by atoms with van der Waals surface area (Å²) in [6.07, 6.45) is 12.9. The molecule has 0 rings (SSSR count). The van der Waals surface area contributed by atoms with E-state index in [0.717, 1.165) is 19.3 Å². The van der Waals surface area contributed by atoms with Gasteiger partial charge in [0.05, 0.1) is 19.3 Å². The first-order valence-electron chi connectivity index (χ1n) is 10.3. The van der Waals surface area contributed by atoms with Crippen molar-refractivity contribution in [2.24, 2.45) is 0 Å². The van der Waals surface area contributed by atoms with Gasteiger partial charge in [0, 0.05) is 0 Å². The van der Waals surface area contributed by atoms with Crippen LogP contribution < -0.4 is 5.32 Å². The Hall–Kier alpha value is -0.530. The van der Waals surface area contributed by atoms with Crippen LogP contribution in [-0.4, -0.2) is 35.2 Å². The molecule has 5 nitrogen and oxygen atoms in total. The summed E-state index contributed by atoms with van der Waals surface area (Å²) in [6.45, 7) is 6.47. The van der Waals surface area contributed by atoms with Crippen molar-refractivity contribution < 1.29 is 19.1 Å². The molecular formula is C20H38INO4. The average Bonchev–Trinajstić information content (AvgIpc) is 2.62. The molecule has 0 aromatic carbocycles. The third kappa shape index (κ3) is 13.6. The standard InChI is InChI=1S/C20H38INO4/c1-4-7-8-9-10-11-12-13-14-15-16-17(22-20(24)26-6-3)18(21)19(23)25-5-2/h17-18H,4-16H2,1-3H3,(H,22,24)/t17-,18-/m0/s1. The van der Waals surface area contributed by atoms with Crippen LogP contribution in [0.2, 0.25) is 0 Å². The number of alkyl carbamates (subject to hydrolysis) is 1. The molecule has 0 heterocycles. The summed E-state index contributed by atoms with van der Waals surface area (Å²) in [5, 5.41) is 2.82. The number of nitrogens with one attached hydrogen (secondary N) is 1. The average molecular weight is 483 g/mol. The Labute approximate surface area is 173 Å². The molecule has 0 spiro atoms. The zero-order valence-corrected chi connectivity index (χ0v) is 19.0. The van der Waals surface area contributed by atoms with E-state index in [4.69, 9.17) is 9.47 Å². The number of carbonyl (C=O) groups is 2. The molecule has 6 heteroatoms. The summed E-state index contributed by atoms with van der Waals surface area (Å²) in [4.78, 5) is 23.7. The van der Waals surface area contributed by atoms with E-state index in [0.29, 0.717) is 13.2 Å². The molecule has 1 N–H and O–H groups in total. The SMILES string of the molecule is CCCCCCCCCCCC[C@H](NC(=O)OCC)[C@H](I)C(=O)OCC. The van der Waals surface area contributed by atoms with Crippen LogP contribution in [0.3, 0.4) is 0 Å². The molecule has 0 aliphatic heterocycles. The normalized spacial score (nSPS) is 13.1. The summed E-state index contributed by atoms with van der Waals surface area (Å²) < 4.78 is 9.65. The molecule has 0 bridgehead atoms. The third-order valence-electron chi connectivity index (χ3n) is 4.31. The molecule has 0 fully saturated rings. The van der Waals surface area contributed by atoms with Crippen LogP contribution in [0.4, 0.5) is 4.79 Å². The van der Waals surface area contributed by atoms with Gasteiger partial charge in [-0.1, -0.05) is 93.7 Å². The van der Waals surface area contributed by atoms with Crippen LogP contribution in [0.1, 0.15) is 91.4 Å². The van der Waals surface area contributed by atoms with E-state index in [1.807, 2.05) is 0 Å². The Balaban J connectivity index is 4.06. The smallest absolute Gasteiger partial charge is 0.407 e. The number of halogens is 1. The van der Waals surface area contributed by atoms with Crippen molar-refractivity contribution in [3.63, 3.8) is 0 Å². The van der Waals surface area contributed by atoms with Crippen LogP contribution in [-0.2, 0) is 14.3 Å². The number of esters is 1. The van der Waals surface area contributed by atoms with E-state index in [1.165, 1.54) is 51.4 Å². The molecule has 154 valence electrons. The van der Waals surface area contributed by atoms with E-state index in [1.54, 1.807) is 13.8 Å². The van der Waals surface area contributed by atoms with Gasteiger partial charge in [0.15, 0.2) is 0 Å². The van der Waals surface area contributed by atoms with Gasteiger partial charge in [0.1, 0.15) is 3.92 Å². The van der Waals surface area contributed by atoms with E-state index >= 15 is 0 Å². The van der Waals surface area contributed by atoms with E-state index in [2.05, 4.69) is 34.8 Å². The second-order valence-electron chi connectivity index (χ2n) is 6.60. The fourth-order valence-electron chi connectivity index (χ4n) is 2.85. The highest BCUT2D eigenvalue weighted by atomic mass is 127. The lowest BCUT2D eigenvalue weighted by atomic mass is 10.0. The van der Waals surface area contributed by atoms with Crippen molar-refractivity contribution in [3.8, 4) is 0 Å². The van der Waals surface area contributed by atoms with Gasteiger partial charge in [-0.25, -0.2) is 4.79 Å². The molecule has 0 saturated heterocycles. The van der Waals surface area contributed by atoms with Crippen LogP contribution in [0, 0.1) is 0 Å². The van der Waals surface area contributed by atoms with Crippen LogP contribution >= 0.6 is 22.6 Å². The lowest BCUT2D eigenvalue weighted by Crippen LogP contribution is -2.44. The number of hydrogen-bond donors (Lipinski definition) is 1. The number of unbranched alkanes of at least 4 members (excludes halogenated alkanes) is 9. The summed E-state index contributed by atoms with van der Waals surface area (Å²) in [5.41, 5.74) is 0. The Morgan fingerprint density at radius 1 is 0.808 bits per heavy atom. The zero-order valence-electron chi connectivity index (χ0n) is 16.9. The number of ether oxygens (including phenoxy) is 2. The lowest BCUT2D eigenvalue weighted by Gasteiger charge is -2.22. The van der Waals surface area contributed by atoms with E-state index in [-0.39, 0.29) is 12.0 Å². The van der Waals surface area contributed by atoms with Gasteiger partial charge >= 0.3 is 12.1 Å². The number of amides is 1. The maximum absolute atomic E-state index is 12.0. The molecule has 0 saturated carbocycles. The molecule has 0 aromatic heterocycles. The second-order valence-corrected chi connectivity index (χ2v) is 7.94. The maximum Gasteiger partial charge on any atom is 0.407 e. The summed E-state index contributed by atoms with van der Waals surface area (Å²) in [7, 11) is 0. The van der Waals surface area contributed by atoms with Crippen molar-refractivity contribution in [1.29, 1.82) is 0 Å². The molecule has 2 atom stereocenters. The molecule has 0 aliphatic carbocycles. The molecule has 26 heavy (non-hydrogen) atoms. The van der Waals surface area contributed by atoms with Crippen molar-refractivity contribution in [2.45, 2.75) is 101 Å². The largest absolute Gasteiger partial charge is 0.465 e. The number of carbonyl (C=O) groups excluding carboxylic acids is 2. The van der Waals surface area contributed by atoms with E-state index in [9.17, 15) is 9.59 Å². The highest BCUT2D eigenvalue weighted by Crippen LogP contribution is 2.17. The van der Waals surface area contributed by atoms with Crippen LogP contribution in [0.5, 0.6) is 0 Å². The number of alkyl halides is 1. The van der Waals surface area contributed by atoms with Crippen molar-refractivity contribution in [1.82, 2.24) is 5.32 Å². The van der Waals surface area contributed by atoms with Crippen LogP contribution in [0.25, 0.3) is 0 Å². The predicted octanol–water partition coefficient (Wildman–Crippen LogP) is 5.78. The summed E-state index contributed by atoms with van der Waals surface area (Å²) >= 11 is 2.06. The van der Waals surface area contributed by atoms with Gasteiger partial charge < -0.3 is 14.8 Å². The monoisotopic (exact) mass is 483 g/mol. The minimum absolute atomic E-state index is 0.247. The quantitative estimate of drug-likeness (QED) is 0.131.